The third-order valence-electron chi connectivity index (χ3n) is 7.38. The molecule has 0 aliphatic carbocycles. The Morgan fingerprint density at radius 2 is 1.63 bits per heavy atom. The average Bonchev–Trinajstić information content (AvgIpc) is 3.06. The van der Waals surface area contributed by atoms with E-state index in [1.54, 1.807) is 54.6 Å². The largest absolute Gasteiger partial charge is 0.493 e. The van der Waals surface area contributed by atoms with E-state index in [1.807, 2.05) is 67.5 Å². The third kappa shape index (κ3) is 7.22. The fraction of sp³-hybridized carbons (Fsp3) is 0.143. The SMILES string of the molecule is COc1cc(C(Nc2ccc(C(=N)N)cc2)C(=O)NS(=O)(=O)c2ccc3c(N(C)C)cccc3c2)ccc1OCc1ccccc1. The second-order valence-electron chi connectivity index (χ2n) is 10.8. The highest BCUT2D eigenvalue weighted by Gasteiger charge is 2.28. The molecule has 0 fully saturated rings. The van der Waals surface area contributed by atoms with Gasteiger partial charge in [-0.05, 0) is 71.1 Å². The van der Waals surface area contributed by atoms with Gasteiger partial charge in [-0.15, -0.1) is 0 Å². The van der Waals surface area contributed by atoms with Gasteiger partial charge in [0, 0.05) is 36.4 Å². The number of carbonyl (C=O) groups excluding carboxylic acids is 1. The molecular formula is C35H35N5O5S. The Hall–Kier alpha value is -5.55. The highest BCUT2D eigenvalue weighted by molar-refractivity contribution is 7.90. The first-order chi connectivity index (χ1) is 22.1. The third-order valence-corrected chi connectivity index (χ3v) is 8.73. The van der Waals surface area contributed by atoms with Crippen LogP contribution in [0.3, 0.4) is 0 Å². The number of sulfonamides is 1. The molecule has 0 saturated heterocycles. The van der Waals surface area contributed by atoms with Gasteiger partial charge in [0.05, 0.1) is 12.0 Å². The molecule has 0 aromatic heterocycles. The van der Waals surface area contributed by atoms with Crippen LogP contribution in [0, 0.1) is 5.41 Å². The van der Waals surface area contributed by atoms with Crippen molar-refractivity contribution in [2.45, 2.75) is 17.5 Å². The molecular weight excluding hydrogens is 602 g/mol. The molecule has 0 aliphatic heterocycles. The highest BCUT2D eigenvalue weighted by Crippen LogP contribution is 2.33. The molecule has 0 radical (unpaired) electrons. The summed E-state index contributed by atoms with van der Waals surface area (Å²) in [4.78, 5) is 15.7. The summed E-state index contributed by atoms with van der Waals surface area (Å²) in [5.41, 5.74) is 8.95. The Morgan fingerprint density at radius 3 is 2.30 bits per heavy atom. The molecule has 5 N–H and O–H groups in total. The van der Waals surface area contributed by atoms with Crippen LogP contribution < -0.4 is 30.1 Å². The number of hydrogen-bond acceptors (Lipinski definition) is 8. The van der Waals surface area contributed by atoms with E-state index in [-0.39, 0.29) is 10.7 Å². The first-order valence-corrected chi connectivity index (χ1v) is 15.9. The van der Waals surface area contributed by atoms with Crippen LogP contribution in [0.15, 0.2) is 114 Å². The van der Waals surface area contributed by atoms with E-state index in [0.717, 1.165) is 22.0 Å². The van der Waals surface area contributed by atoms with Crippen molar-refractivity contribution in [2.75, 3.05) is 31.4 Å². The Bertz CT molecular complexity index is 1980. The van der Waals surface area contributed by atoms with Gasteiger partial charge in [0.1, 0.15) is 18.5 Å². The van der Waals surface area contributed by atoms with Gasteiger partial charge in [0.25, 0.3) is 15.9 Å². The predicted octanol–water partition coefficient (Wildman–Crippen LogP) is 5.44. The van der Waals surface area contributed by atoms with Crippen LogP contribution in [0.1, 0.15) is 22.7 Å². The second kappa shape index (κ2) is 13.6. The fourth-order valence-electron chi connectivity index (χ4n) is 4.98. The van der Waals surface area contributed by atoms with Gasteiger partial charge in [-0.3, -0.25) is 10.2 Å². The van der Waals surface area contributed by atoms with Gasteiger partial charge in [0.2, 0.25) is 0 Å². The van der Waals surface area contributed by atoms with E-state index < -0.39 is 22.0 Å². The quantitative estimate of drug-likeness (QED) is 0.105. The average molecular weight is 638 g/mol. The van der Waals surface area contributed by atoms with Crippen molar-refractivity contribution in [3.8, 4) is 11.5 Å². The Labute approximate surface area is 268 Å². The number of nitrogens with two attached hydrogens (primary N) is 1. The molecule has 46 heavy (non-hydrogen) atoms. The predicted molar refractivity (Wildman–Crippen MR) is 181 cm³/mol. The fourth-order valence-corrected chi connectivity index (χ4v) is 6.01. The van der Waals surface area contributed by atoms with Crippen LogP contribution in [0.4, 0.5) is 11.4 Å². The molecule has 1 atom stereocenters. The lowest BCUT2D eigenvalue weighted by atomic mass is 10.0. The maximum Gasteiger partial charge on any atom is 0.264 e. The summed E-state index contributed by atoms with van der Waals surface area (Å²) in [5, 5.41) is 12.4. The number of methoxy groups -OCH3 is 1. The molecule has 1 unspecified atom stereocenters. The van der Waals surface area contributed by atoms with Gasteiger partial charge in [0.15, 0.2) is 11.5 Å². The van der Waals surface area contributed by atoms with E-state index in [2.05, 4.69) is 10.0 Å². The molecule has 0 saturated carbocycles. The summed E-state index contributed by atoms with van der Waals surface area (Å²) in [6.07, 6.45) is 0. The van der Waals surface area contributed by atoms with Crippen molar-refractivity contribution in [1.82, 2.24) is 4.72 Å². The van der Waals surface area contributed by atoms with Crippen molar-refractivity contribution in [2.24, 2.45) is 5.73 Å². The van der Waals surface area contributed by atoms with Gasteiger partial charge in [-0.1, -0.05) is 54.6 Å². The van der Waals surface area contributed by atoms with E-state index in [9.17, 15) is 13.2 Å². The van der Waals surface area contributed by atoms with E-state index >= 15 is 0 Å². The number of nitrogen functional groups attached to an aromatic ring is 1. The first-order valence-electron chi connectivity index (χ1n) is 14.4. The summed E-state index contributed by atoms with van der Waals surface area (Å²) < 4.78 is 40.9. The van der Waals surface area contributed by atoms with Crippen LogP contribution in [-0.2, 0) is 21.4 Å². The molecule has 0 aliphatic rings. The van der Waals surface area contributed by atoms with Crippen molar-refractivity contribution < 1.29 is 22.7 Å². The van der Waals surface area contributed by atoms with Crippen molar-refractivity contribution in [3.05, 3.63) is 126 Å². The maximum atomic E-state index is 13.8. The normalized spacial score (nSPS) is 11.8. The number of ether oxygens (including phenoxy) is 2. The van der Waals surface area contributed by atoms with Crippen molar-refractivity contribution in [3.63, 3.8) is 0 Å². The number of benzene rings is 5. The molecule has 10 nitrogen and oxygen atoms in total. The van der Waals surface area contributed by atoms with Crippen LogP contribution in [0.2, 0.25) is 0 Å². The lowest BCUT2D eigenvalue weighted by Crippen LogP contribution is -2.37. The number of anilines is 2. The number of nitrogens with one attached hydrogen (secondary N) is 3. The zero-order valence-corrected chi connectivity index (χ0v) is 26.5. The first kappa shape index (κ1) is 31.9. The number of carbonyl (C=O) groups is 1. The van der Waals surface area contributed by atoms with Crippen molar-refractivity contribution in [1.29, 1.82) is 5.41 Å². The minimum absolute atomic E-state index is 0.0453. The molecule has 5 aromatic rings. The van der Waals surface area contributed by atoms with Gasteiger partial charge in [-0.2, -0.15) is 0 Å². The molecule has 1 amide bonds. The zero-order chi connectivity index (χ0) is 32.8. The molecule has 5 aromatic carbocycles. The summed E-state index contributed by atoms with van der Waals surface area (Å²) in [6.45, 7) is 0.307. The molecule has 0 bridgehead atoms. The van der Waals surface area contributed by atoms with Crippen LogP contribution in [0.5, 0.6) is 11.5 Å². The van der Waals surface area contributed by atoms with Crippen LogP contribution >= 0.6 is 0 Å². The van der Waals surface area contributed by atoms with Crippen LogP contribution in [-0.4, -0.2) is 41.4 Å². The monoisotopic (exact) mass is 637 g/mol. The van der Waals surface area contributed by atoms with Crippen LogP contribution in [0.25, 0.3) is 10.8 Å². The smallest absolute Gasteiger partial charge is 0.264 e. The number of hydrogen-bond donors (Lipinski definition) is 4. The Morgan fingerprint density at radius 1 is 0.891 bits per heavy atom. The van der Waals surface area contributed by atoms with E-state index in [0.29, 0.717) is 34.9 Å². The number of nitrogens with zero attached hydrogens (tertiary/aromatic N) is 1. The lowest BCUT2D eigenvalue weighted by molar-refractivity contribution is -0.120. The standard InChI is InChI=1S/C35H35N5O5S/c1-40(2)30-11-7-10-25-20-28(17-18-29(25)30)46(42,43)39-35(41)33(38-27-15-12-24(13-16-27)34(36)37)26-14-19-31(32(21-26)44-3)45-22-23-8-5-4-6-9-23/h4-21,33,38H,22H2,1-3H3,(H3,36,37)(H,39,41). The molecule has 0 heterocycles. The van der Waals surface area contributed by atoms with Gasteiger partial charge >= 0.3 is 0 Å². The van der Waals surface area contributed by atoms with Gasteiger partial charge in [-0.25, -0.2) is 13.1 Å². The zero-order valence-electron chi connectivity index (χ0n) is 25.7. The topological polar surface area (TPSA) is 147 Å². The molecule has 236 valence electrons. The number of fused-ring (bicyclic) bond motifs is 1. The maximum absolute atomic E-state index is 13.8. The van der Waals surface area contributed by atoms with E-state index in [4.69, 9.17) is 20.6 Å². The van der Waals surface area contributed by atoms with Gasteiger partial charge < -0.3 is 25.4 Å². The lowest BCUT2D eigenvalue weighted by Gasteiger charge is -2.22. The Kier molecular flexibility index (Phi) is 9.43. The number of amidine groups is 1. The molecule has 11 heteroatoms. The highest BCUT2D eigenvalue weighted by atomic mass is 32.2. The summed E-state index contributed by atoms with van der Waals surface area (Å²) in [5.74, 6) is -0.0800. The van der Waals surface area contributed by atoms with E-state index in [1.165, 1.54) is 13.2 Å². The summed E-state index contributed by atoms with van der Waals surface area (Å²) in [6, 6.07) is 30.4. The summed E-state index contributed by atoms with van der Waals surface area (Å²) >= 11 is 0. The Balaban J connectivity index is 1.46. The second-order valence-corrected chi connectivity index (χ2v) is 12.5. The molecule has 5 rings (SSSR count). The minimum Gasteiger partial charge on any atom is -0.493 e. The minimum atomic E-state index is -4.26. The molecule has 0 spiro atoms. The summed E-state index contributed by atoms with van der Waals surface area (Å²) in [7, 11) is 1.05. The number of rotatable bonds is 12. The number of amides is 1. The van der Waals surface area contributed by atoms with Crippen molar-refractivity contribution >= 4 is 43.9 Å².